The fourth-order valence-electron chi connectivity index (χ4n) is 1.96. The summed E-state index contributed by atoms with van der Waals surface area (Å²) in [7, 11) is 1.57. The van der Waals surface area contributed by atoms with Crippen molar-refractivity contribution in [3.8, 4) is 5.75 Å². The predicted octanol–water partition coefficient (Wildman–Crippen LogP) is 4.08. The van der Waals surface area contributed by atoms with Gasteiger partial charge in [0.2, 0.25) is 0 Å². The maximum Gasteiger partial charge on any atom is 0.170 e. The lowest BCUT2D eigenvalue weighted by Crippen LogP contribution is -2.06. The third kappa shape index (κ3) is 3.36. The summed E-state index contributed by atoms with van der Waals surface area (Å²) in [4.78, 5) is 12.3. The molecule has 0 aliphatic heterocycles. The Kier molecular flexibility index (Phi) is 4.23. The van der Waals surface area contributed by atoms with Crippen LogP contribution in [0.3, 0.4) is 0 Å². The molecule has 0 saturated carbocycles. The summed E-state index contributed by atoms with van der Waals surface area (Å²) < 4.78 is 5.26. The molecule has 0 amide bonds. The molecule has 2 nitrogen and oxygen atoms in total. The maximum atomic E-state index is 12.3. The molecule has 19 heavy (non-hydrogen) atoms. The van der Waals surface area contributed by atoms with E-state index in [9.17, 15) is 4.79 Å². The Morgan fingerprint density at radius 3 is 2.68 bits per heavy atom. The van der Waals surface area contributed by atoms with Crippen molar-refractivity contribution in [1.82, 2.24) is 0 Å². The smallest absolute Gasteiger partial charge is 0.170 e. The number of hydrogen-bond donors (Lipinski definition) is 0. The number of Topliss-reactive ketones (excluding diaryl/α,β-unsaturated/α-hetero) is 1. The lowest BCUT2D eigenvalue weighted by atomic mass is 10.0. The van der Waals surface area contributed by atoms with E-state index in [0.717, 1.165) is 11.1 Å². The van der Waals surface area contributed by atoms with Gasteiger partial charge in [-0.05, 0) is 42.3 Å². The minimum atomic E-state index is 0.0270. The zero-order valence-electron chi connectivity index (χ0n) is 10.9. The van der Waals surface area contributed by atoms with Crippen molar-refractivity contribution in [3.05, 3.63) is 64.2 Å². The first-order valence-electron chi connectivity index (χ1n) is 6.02. The molecule has 0 unspecified atom stereocenters. The first kappa shape index (κ1) is 13.6. The molecule has 0 N–H and O–H groups in total. The van der Waals surface area contributed by atoms with Gasteiger partial charge in [-0.3, -0.25) is 4.79 Å². The van der Waals surface area contributed by atoms with Crippen molar-refractivity contribution in [3.63, 3.8) is 0 Å². The van der Waals surface area contributed by atoms with Crippen LogP contribution < -0.4 is 4.74 Å². The zero-order valence-corrected chi connectivity index (χ0v) is 11.7. The van der Waals surface area contributed by atoms with Gasteiger partial charge in [0.25, 0.3) is 0 Å². The molecule has 0 aromatic heterocycles. The number of methoxy groups -OCH3 is 1. The summed E-state index contributed by atoms with van der Waals surface area (Å²) in [6.45, 7) is 1.97. The average molecular weight is 275 g/mol. The number of rotatable bonds is 4. The molecule has 0 spiro atoms. The second-order valence-corrected chi connectivity index (χ2v) is 4.87. The molecular formula is C16H15ClO2. The Labute approximate surface area is 118 Å². The molecule has 0 saturated heterocycles. The van der Waals surface area contributed by atoms with Crippen molar-refractivity contribution in [1.29, 1.82) is 0 Å². The molecule has 0 aliphatic rings. The lowest BCUT2D eigenvalue weighted by molar-refractivity contribution is 0.0990. The first-order valence-corrected chi connectivity index (χ1v) is 6.40. The van der Waals surface area contributed by atoms with Gasteiger partial charge in [-0.1, -0.05) is 29.8 Å². The zero-order chi connectivity index (χ0) is 13.8. The summed E-state index contributed by atoms with van der Waals surface area (Å²) >= 11 is 5.92. The fraction of sp³-hybridized carbons (Fsp3) is 0.188. The van der Waals surface area contributed by atoms with Crippen LogP contribution in [0.4, 0.5) is 0 Å². The average Bonchev–Trinajstić information content (AvgIpc) is 2.38. The van der Waals surface area contributed by atoms with Crippen molar-refractivity contribution in [2.75, 3.05) is 7.11 Å². The second-order valence-electron chi connectivity index (χ2n) is 4.43. The van der Waals surface area contributed by atoms with Gasteiger partial charge in [-0.2, -0.15) is 0 Å². The van der Waals surface area contributed by atoms with Crippen LogP contribution in [0, 0.1) is 6.92 Å². The summed E-state index contributed by atoms with van der Waals surface area (Å²) in [6.07, 6.45) is 0.319. The number of halogens is 1. The van der Waals surface area contributed by atoms with Crippen LogP contribution in [0.1, 0.15) is 21.5 Å². The molecule has 98 valence electrons. The summed E-state index contributed by atoms with van der Waals surface area (Å²) in [5, 5.41) is 0.640. The van der Waals surface area contributed by atoms with E-state index in [2.05, 4.69) is 0 Å². The second kappa shape index (κ2) is 5.89. The Morgan fingerprint density at radius 2 is 2.00 bits per heavy atom. The SMILES string of the molecule is COc1cc(C)ccc1C(=O)Cc1cccc(Cl)c1. The van der Waals surface area contributed by atoms with Crippen LogP contribution in [0.25, 0.3) is 0 Å². The number of hydrogen-bond acceptors (Lipinski definition) is 2. The summed E-state index contributed by atoms with van der Waals surface area (Å²) in [5.41, 5.74) is 2.57. The van der Waals surface area contributed by atoms with E-state index in [-0.39, 0.29) is 5.78 Å². The van der Waals surface area contributed by atoms with Gasteiger partial charge in [0.1, 0.15) is 5.75 Å². The van der Waals surface area contributed by atoms with E-state index < -0.39 is 0 Å². The number of ketones is 1. The van der Waals surface area contributed by atoms with Crippen molar-refractivity contribution in [2.24, 2.45) is 0 Å². The van der Waals surface area contributed by atoms with Gasteiger partial charge in [-0.25, -0.2) is 0 Å². The Hall–Kier alpha value is -1.80. The number of carbonyl (C=O) groups is 1. The van der Waals surface area contributed by atoms with Crippen molar-refractivity contribution >= 4 is 17.4 Å². The number of carbonyl (C=O) groups excluding carboxylic acids is 1. The van der Waals surface area contributed by atoms with Gasteiger partial charge in [0.15, 0.2) is 5.78 Å². The maximum absolute atomic E-state index is 12.3. The minimum absolute atomic E-state index is 0.0270. The summed E-state index contributed by atoms with van der Waals surface area (Å²) in [6, 6.07) is 12.9. The molecule has 0 bridgehead atoms. The van der Waals surface area contributed by atoms with Gasteiger partial charge in [0, 0.05) is 11.4 Å². The molecule has 3 heteroatoms. The third-order valence-electron chi connectivity index (χ3n) is 2.91. The van der Waals surface area contributed by atoms with E-state index in [4.69, 9.17) is 16.3 Å². The van der Waals surface area contributed by atoms with E-state index >= 15 is 0 Å². The van der Waals surface area contributed by atoms with Crippen LogP contribution in [0.5, 0.6) is 5.75 Å². The molecule has 0 aliphatic carbocycles. The van der Waals surface area contributed by atoms with E-state index in [0.29, 0.717) is 22.8 Å². The van der Waals surface area contributed by atoms with Gasteiger partial charge < -0.3 is 4.74 Å². The van der Waals surface area contributed by atoms with Gasteiger partial charge >= 0.3 is 0 Å². The van der Waals surface area contributed by atoms with Crippen molar-refractivity contribution < 1.29 is 9.53 Å². The Bertz CT molecular complexity index is 605. The van der Waals surface area contributed by atoms with Crippen LogP contribution in [-0.2, 0) is 6.42 Å². The number of aryl methyl sites for hydroxylation is 1. The highest BCUT2D eigenvalue weighted by molar-refractivity contribution is 6.30. The standard InChI is InChI=1S/C16H15ClO2/c1-11-6-7-14(16(8-11)19-2)15(18)10-12-4-3-5-13(17)9-12/h3-9H,10H2,1-2H3. The third-order valence-corrected chi connectivity index (χ3v) is 3.15. The predicted molar refractivity (Wildman–Crippen MR) is 77.2 cm³/mol. The molecule has 0 atom stereocenters. The highest BCUT2D eigenvalue weighted by Gasteiger charge is 2.13. The minimum Gasteiger partial charge on any atom is -0.496 e. The molecule has 2 aromatic rings. The Morgan fingerprint density at radius 1 is 1.21 bits per heavy atom. The van der Waals surface area contributed by atoms with Crippen LogP contribution in [0.15, 0.2) is 42.5 Å². The number of ether oxygens (including phenoxy) is 1. The van der Waals surface area contributed by atoms with Crippen LogP contribution in [-0.4, -0.2) is 12.9 Å². The largest absolute Gasteiger partial charge is 0.496 e. The van der Waals surface area contributed by atoms with E-state index in [1.54, 1.807) is 25.3 Å². The molecule has 0 fully saturated rings. The van der Waals surface area contributed by atoms with Crippen LogP contribution >= 0.6 is 11.6 Å². The molecule has 2 rings (SSSR count). The normalized spacial score (nSPS) is 10.3. The number of benzene rings is 2. The molecular weight excluding hydrogens is 260 g/mol. The molecule has 0 radical (unpaired) electrons. The quantitative estimate of drug-likeness (QED) is 0.785. The first-order chi connectivity index (χ1) is 9.10. The van der Waals surface area contributed by atoms with Gasteiger partial charge in [0.05, 0.1) is 12.7 Å². The van der Waals surface area contributed by atoms with E-state index in [1.807, 2.05) is 31.2 Å². The monoisotopic (exact) mass is 274 g/mol. The van der Waals surface area contributed by atoms with Gasteiger partial charge in [-0.15, -0.1) is 0 Å². The summed E-state index contributed by atoms with van der Waals surface area (Å²) in [5.74, 6) is 0.645. The lowest BCUT2D eigenvalue weighted by Gasteiger charge is -2.08. The molecule has 0 heterocycles. The highest BCUT2D eigenvalue weighted by atomic mass is 35.5. The van der Waals surface area contributed by atoms with Crippen molar-refractivity contribution in [2.45, 2.75) is 13.3 Å². The van der Waals surface area contributed by atoms with Crippen LogP contribution in [0.2, 0.25) is 5.02 Å². The topological polar surface area (TPSA) is 26.3 Å². The Balaban J connectivity index is 2.25. The highest BCUT2D eigenvalue weighted by Crippen LogP contribution is 2.22. The fourth-order valence-corrected chi connectivity index (χ4v) is 2.17. The molecule has 2 aromatic carbocycles. The van der Waals surface area contributed by atoms with E-state index in [1.165, 1.54) is 0 Å².